The second-order valence-electron chi connectivity index (χ2n) is 16.4. The topological polar surface area (TPSA) is 54.6 Å². The number of hydrogen-bond acceptors (Lipinski definition) is 3. The smallest absolute Gasteiger partial charge is 0.389 e. The van der Waals surface area contributed by atoms with Gasteiger partial charge in [-0.3, -0.25) is 4.79 Å². The summed E-state index contributed by atoms with van der Waals surface area (Å²) in [6, 6.07) is 19.5. The molecule has 6 aromatic rings. The summed E-state index contributed by atoms with van der Waals surface area (Å²) in [5.74, 6) is -2.00. The summed E-state index contributed by atoms with van der Waals surface area (Å²) >= 11 is 0. The van der Waals surface area contributed by atoms with E-state index in [1.54, 1.807) is 0 Å². The summed E-state index contributed by atoms with van der Waals surface area (Å²) in [4.78, 5) is 16.4. The first-order valence-electron chi connectivity index (χ1n) is 18.6. The number of pyridine rings is 2. The van der Waals surface area contributed by atoms with Crippen molar-refractivity contribution in [1.82, 2.24) is 9.38 Å². The van der Waals surface area contributed by atoms with Crippen molar-refractivity contribution in [2.45, 2.75) is 106 Å². The van der Waals surface area contributed by atoms with Gasteiger partial charge in [0.15, 0.2) is 5.78 Å². The van der Waals surface area contributed by atoms with Crippen LogP contribution in [-0.2, 0) is 31.3 Å². The summed E-state index contributed by atoms with van der Waals surface area (Å²) in [5, 5.41) is 16.9. The fraction of sp³-hybridized carbons (Fsp3) is 0.442. The van der Waals surface area contributed by atoms with Gasteiger partial charge in [0.2, 0.25) is 0 Å². The quantitative estimate of drug-likeness (QED) is 0.0393. The maximum absolute atomic E-state index is 12.2. The van der Waals surface area contributed by atoms with Crippen LogP contribution in [0.15, 0.2) is 60.5 Å². The van der Waals surface area contributed by atoms with Crippen LogP contribution in [0.4, 0.5) is 13.2 Å². The van der Waals surface area contributed by atoms with Crippen LogP contribution < -0.4 is 5.19 Å². The SMILES string of the molecule is CCC(CC(F)(F)F)C(=O)/C=C(\O)C(CC)CC.[2H]c1cc2cc([Si](C)(C)C)cc3c2c(n1)c1[c-]c(C)cc2c4cc(CC(C)(C)C)ccc4n3c12.[Ir]. The molecule has 1 unspecified atom stereocenters. The fourth-order valence-electron chi connectivity index (χ4n) is 7.25. The zero-order valence-electron chi connectivity index (χ0n) is 33.0. The van der Waals surface area contributed by atoms with Gasteiger partial charge in [-0.15, -0.1) is 17.7 Å². The summed E-state index contributed by atoms with van der Waals surface area (Å²) in [7, 11) is -1.58. The first kappa shape index (κ1) is 39.9. The van der Waals surface area contributed by atoms with E-state index < -0.39 is 32.4 Å². The van der Waals surface area contributed by atoms with Crippen LogP contribution in [0.1, 0.15) is 79.7 Å². The number of aliphatic hydroxyl groups excluding tert-OH is 1. The Morgan fingerprint density at radius 2 is 1.63 bits per heavy atom. The number of aromatic nitrogens is 2. The summed E-state index contributed by atoms with van der Waals surface area (Å²) < 4.78 is 47.7. The molecule has 52 heavy (non-hydrogen) atoms. The molecule has 1 radical (unpaired) electrons. The molecule has 0 aliphatic heterocycles. The van der Waals surface area contributed by atoms with Crippen LogP contribution in [-0.4, -0.2) is 34.5 Å². The molecule has 281 valence electrons. The Hall–Kier alpha value is -3.26. The molecule has 0 amide bonds. The number of ketones is 1. The van der Waals surface area contributed by atoms with E-state index in [9.17, 15) is 23.1 Å². The number of alkyl halides is 3. The van der Waals surface area contributed by atoms with Gasteiger partial charge >= 0.3 is 6.18 Å². The second-order valence-corrected chi connectivity index (χ2v) is 21.4. The molecule has 6 rings (SSSR count). The second kappa shape index (κ2) is 15.6. The Bertz CT molecular complexity index is 2300. The van der Waals surface area contributed by atoms with E-state index in [1.165, 1.54) is 45.0 Å². The molecule has 0 spiro atoms. The number of hydrogen-bond donors (Lipinski definition) is 1. The largest absolute Gasteiger partial charge is 0.512 e. The maximum Gasteiger partial charge on any atom is 0.389 e. The zero-order valence-corrected chi connectivity index (χ0v) is 35.4. The Balaban J connectivity index is 0.000000284. The van der Waals surface area contributed by atoms with E-state index in [4.69, 9.17) is 6.35 Å². The van der Waals surface area contributed by atoms with E-state index in [2.05, 4.69) is 94.2 Å². The third kappa shape index (κ3) is 8.74. The van der Waals surface area contributed by atoms with Gasteiger partial charge in [0.25, 0.3) is 0 Å². The molecule has 0 bridgehead atoms. The van der Waals surface area contributed by atoms with Gasteiger partial charge in [0, 0.05) is 55.2 Å². The molecular formula is C43H52F3IrN2O2Si-. The van der Waals surface area contributed by atoms with Gasteiger partial charge in [-0.1, -0.05) is 102 Å². The number of aryl methyl sites for hydroxylation is 1. The molecule has 3 aromatic carbocycles. The van der Waals surface area contributed by atoms with Gasteiger partial charge in [-0.05, 0) is 82.1 Å². The Labute approximate surface area is 322 Å². The number of benzene rings is 3. The number of nitrogens with zero attached hydrogens (tertiary/aromatic N) is 2. The molecule has 0 saturated heterocycles. The third-order valence-corrected chi connectivity index (χ3v) is 11.9. The summed E-state index contributed by atoms with van der Waals surface area (Å²) in [6.07, 6.45) is -1.72. The zero-order chi connectivity index (χ0) is 38.5. The average Bonchev–Trinajstić information content (AvgIpc) is 3.34. The average molecular weight is 907 g/mol. The molecule has 0 fully saturated rings. The van der Waals surface area contributed by atoms with E-state index in [-0.39, 0.29) is 43.6 Å². The number of carbonyl (C=O) groups is 1. The molecule has 0 aliphatic rings. The van der Waals surface area contributed by atoms with Crippen molar-refractivity contribution in [2.24, 2.45) is 17.3 Å². The van der Waals surface area contributed by atoms with Crippen molar-refractivity contribution < 1.29 is 44.5 Å². The number of rotatable bonds is 9. The minimum Gasteiger partial charge on any atom is -0.512 e. The van der Waals surface area contributed by atoms with Crippen molar-refractivity contribution in [3.8, 4) is 0 Å². The van der Waals surface area contributed by atoms with Crippen molar-refractivity contribution in [1.29, 1.82) is 0 Å². The van der Waals surface area contributed by atoms with Gasteiger partial charge in [0.1, 0.15) is 0 Å². The van der Waals surface area contributed by atoms with Gasteiger partial charge in [-0.2, -0.15) is 13.2 Å². The van der Waals surface area contributed by atoms with Crippen molar-refractivity contribution in [3.05, 3.63) is 77.7 Å². The Morgan fingerprint density at radius 3 is 2.21 bits per heavy atom. The van der Waals surface area contributed by atoms with Crippen LogP contribution in [0.2, 0.25) is 19.6 Å². The monoisotopic (exact) mass is 907 g/mol. The first-order valence-corrected chi connectivity index (χ1v) is 21.6. The van der Waals surface area contributed by atoms with E-state index >= 15 is 0 Å². The predicted octanol–water partition coefficient (Wildman–Crippen LogP) is 12.0. The molecule has 1 atom stereocenters. The number of halogens is 3. The third-order valence-electron chi connectivity index (χ3n) is 9.92. The van der Waals surface area contributed by atoms with Crippen LogP contribution in [0.3, 0.4) is 0 Å². The van der Waals surface area contributed by atoms with Gasteiger partial charge < -0.3 is 14.5 Å². The maximum atomic E-state index is 12.2. The number of allylic oxidation sites excluding steroid dienone is 2. The summed E-state index contributed by atoms with van der Waals surface area (Å²) in [6.45, 7) is 21.4. The molecule has 1 N–H and O–H groups in total. The van der Waals surface area contributed by atoms with Gasteiger partial charge in [0.05, 0.1) is 21.6 Å². The Kier molecular flexibility index (Phi) is 12.0. The molecule has 3 aromatic heterocycles. The minimum atomic E-state index is -4.35. The Morgan fingerprint density at radius 1 is 0.981 bits per heavy atom. The van der Waals surface area contributed by atoms with E-state index in [0.717, 1.165) is 39.7 Å². The molecule has 3 heterocycles. The van der Waals surface area contributed by atoms with Crippen molar-refractivity contribution in [3.63, 3.8) is 0 Å². The molecule has 4 nitrogen and oxygen atoms in total. The standard InChI is InChI=1S/C30H31N2Si.C13H21F3O2.Ir/c1-18-12-23-22-14-19(17-30(2,3)4)8-9-25(22)32-26-16-21(33(5,6)7)15-20-10-11-31-28(27(20)26)24(13-18)29(23)32;1-4-9(5-2)11(17)7-12(18)10(6-3)8-13(14,15)16;/h8-12,14-16H,17H2,1-7H3;7,9-10,17H,4-6,8H2,1-3H3;/q-1;;/b;11-7-;/i11D;;. The first-order chi connectivity index (χ1) is 24.1. The van der Waals surface area contributed by atoms with Crippen LogP contribution in [0.5, 0.6) is 0 Å². The number of carbonyl (C=O) groups excluding carboxylic acids is 1. The summed E-state index contributed by atoms with van der Waals surface area (Å²) in [5.41, 5.74) is 7.22. The van der Waals surface area contributed by atoms with Crippen molar-refractivity contribution >= 4 is 68.0 Å². The number of fused-ring (bicyclic) bond motifs is 5. The number of aliphatic hydroxyl groups is 1. The normalized spacial score (nSPS) is 14.0. The van der Waals surface area contributed by atoms with E-state index in [0.29, 0.717) is 19.0 Å². The molecular weight excluding hydrogens is 854 g/mol. The molecule has 9 heteroatoms. The van der Waals surface area contributed by atoms with Crippen molar-refractivity contribution in [2.75, 3.05) is 0 Å². The minimum absolute atomic E-state index is 0. The van der Waals surface area contributed by atoms with E-state index in [1.807, 2.05) is 19.9 Å². The molecule has 0 aliphatic carbocycles. The van der Waals surface area contributed by atoms with Gasteiger partial charge in [-0.25, -0.2) is 0 Å². The van der Waals surface area contributed by atoms with Crippen LogP contribution in [0, 0.1) is 30.2 Å². The fourth-order valence-corrected chi connectivity index (χ4v) is 8.41. The molecule has 0 saturated carbocycles. The van der Waals surface area contributed by atoms with Crippen LogP contribution >= 0.6 is 0 Å². The van der Waals surface area contributed by atoms with Crippen LogP contribution in [0.25, 0.3) is 49.0 Å². The predicted molar refractivity (Wildman–Crippen MR) is 210 cm³/mol.